The predicted molar refractivity (Wildman–Crippen MR) is 34.3 cm³/mol. The molecule has 0 N–H and O–H groups in total. The van der Waals surface area contributed by atoms with Crippen molar-refractivity contribution in [2.75, 3.05) is 0 Å². The Balaban J connectivity index is 0. The monoisotopic (exact) mass is 248 g/mol. The molecule has 0 saturated heterocycles. The van der Waals surface area contributed by atoms with E-state index >= 15 is 0 Å². The van der Waals surface area contributed by atoms with Crippen molar-refractivity contribution < 1.29 is 14.8 Å². The van der Waals surface area contributed by atoms with Crippen LogP contribution in [0.1, 0.15) is 20.3 Å². The molecular formula is C4H9IZn. The van der Waals surface area contributed by atoms with Crippen molar-refractivity contribution >= 4 is 19.8 Å². The van der Waals surface area contributed by atoms with Crippen molar-refractivity contribution in [3.05, 3.63) is 6.42 Å². The van der Waals surface area contributed by atoms with Gasteiger partial charge in [0.15, 0.2) is 0 Å². The molecule has 0 heterocycles. The standard InChI is InChI=1S/C4H9.HI.Zn/c1-3-4-2;;/h3H,4H2,1-2H3;1H;/q-1;;+2/p-1. The van der Waals surface area contributed by atoms with Gasteiger partial charge < -0.3 is 6.42 Å². The Labute approximate surface area is 60.9 Å². The summed E-state index contributed by atoms with van der Waals surface area (Å²) in [5, 5.41) is 0. The van der Waals surface area contributed by atoms with Crippen LogP contribution in [0.25, 0.3) is 0 Å². The normalized spacial score (nSPS) is 6.17. The maximum absolute atomic E-state index is 2.28. The molecule has 0 rings (SSSR count). The van der Waals surface area contributed by atoms with Gasteiger partial charge in [0.05, 0.1) is 0 Å². The molecule has 0 unspecified atom stereocenters. The molecule has 0 atom stereocenters. The van der Waals surface area contributed by atoms with Crippen LogP contribution in [0, 0.1) is 6.42 Å². The molecule has 2 heteroatoms. The molecule has 0 aromatic heterocycles. The third-order valence-corrected chi connectivity index (χ3v) is 0.408. The zero-order chi connectivity index (χ0) is 5.41. The quantitative estimate of drug-likeness (QED) is 0.380. The molecule has 0 aromatic rings. The van der Waals surface area contributed by atoms with Crippen LogP contribution in [-0.2, 0) is 14.8 Å². The molecule has 0 aliphatic carbocycles. The SMILES string of the molecule is C[CH-]CC.[Zn+][I]. The van der Waals surface area contributed by atoms with Crippen molar-refractivity contribution in [3.8, 4) is 0 Å². The molecule has 6 heavy (non-hydrogen) atoms. The minimum absolute atomic E-state index is 1.19. The zero-order valence-electron chi connectivity index (χ0n) is 4.37. The third kappa shape index (κ3) is 18.3. The summed E-state index contributed by atoms with van der Waals surface area (Å²) in [6.45, 7) is 4.18. The van der Waals surface area contributed by atoms with Gasteiger partial charge in [-0.2, -0.15) is 13.3 Å². The van der Waals surface area contributed by atoms with Gasteiger partial charge in [0.25, 0.3) is 0 Å². The Bertz CT molecular complexity index is 9.51. The van der Waals surface area contributed by atoms with Crippen molar-refractivity contribution in [2.24, 2.45) is 0 Å². The first kappa shape index (κ1) is 10.4. The molecule has 34 valence electrons. The van der Waals surface area contributed by atoms with Crippen LogP contribution in [0.3, 0.4) is 0 Å². The molecule has 0 aromatic carbocycles. The van der Waals surface area contributed by atoms with E-state index < -0.39 is 0 Å². The van der Waals surface area contributed by atoms with Crippen molar-refractivity contribution in [3.63, 3.8) is 0 Å². The summed E-state index contributed by atoms with van der Waals surface area (Å²) in [5.41, 5.74) is 0. The molecule has 0 saturated carbocycles. The molecular weight excluding hydrogens is 240 g/mol. The number of unbranched alkanes of at least 4 members (excludes halogenated alkanes) is 1. The summed E-state index contributed by atoms with van der Waals surface area (Å²) in [5.74, 6) is 0. The number of hydrogen-bond donors (Lipinski definition) is 0. The first-order valence-electron chi connectivity index (χ1n) is 1.96. The van der Waals surface area contributed by atoms with Crippen LogP contribution in [-0.4, -0.2) is 0 Å². The molecule has 0 fully saturated rings. The molecule has 0 bridgehead atoms. The van der Waals surface area contributed by atoms with Crippen LogP contribution in [0.4, 0.5) is 0 Å². The Morgan fingerprint density at radius 3 is 1.83 bits per heavy atom. The zero-order valence-corrected chi connectivity index (χ0v) is 9.49. The number of rotatable bonds is 1. The van der Waals surface area contributed by atoms with E-state index in [9.17, 15) is 0 Å². The van der Waals surface area contributed by atoms with Crippen molar-refractivity contribution in [2.45, 2.75) is 20.3 Å². The number of hydrogen-bond acceptors (Lipinski definition) is 0. The van der Waals surface area contributed by atoms with E-state index in [0.29, 0.717) is 0 Å². The summed E-state index contributed by atoms with van der Waals surface area (Å²) in [6, 6.07) is 0. The van der Waals surface area contributed by atoms with E-state index in [0.717, 1.165) is 0 Å². The fourth-order valence-electron chi connectivity index (χ4n) is 0. The van der Waals surface area contributed by atoms with E-state index in [4.69, 9.17) is 0 Å². The fraction of sp³-hybridized carbons (Fsp3) is 0.750. The van der Waals surface area contributed by atoms with E-state index in [1.54, 1.807) is 0 Å². The molecule has 0 aliphatic rings. The van der Waals surface area contributed by atoms with E-state index in [-0.39, 0.29) is 0 Å². The van der Waals surface area contributed by atoms with Crippen molar-refractivity contribution in [1.82, 2.24) is 0 Å². The van der Waals surface area contributed by atoms with Crippen LogP contribution >= 0.6 is 19.8 Å². The summed E-state index contributed by atoms with van der Waals surface area (Å²) < 4.78 is 0. The van der Waals surface area contributed by atoms with E-state index in [2.05, 4.69) is 40.0 Å². The summed E-state index contributed by atoms with van der Waals surface area (Å²) in [6.07, 6.45) is 3.32. The maximum atomic E-state index is 2.28. The predicted octanol–water partition coefficient (Wildman–Crippen LogP) is 2.50. The Hall–Kier alpha value is 1.35. The van der Waals surface area contributed by atoms with Crippen LogP contribution in [0.2, 0.25) is 0 Å². The topological polar surface area (TPSA) is 0 Å². The van der Waals surface area contributed by atoms with E-state index in [1.807, 2.05) is 0 Å². The van der Waals surface area contributed by atoms with Gasteiger partial charge in [0, 0.05) is 0 Å². The Morgan fingerprint density at radius 1 is 1.67 bits per heavy atom. The van der Waals surface area contributed by atoms with Gasteiger partial charge in [-0.1, -0.05) is 6.92 Å². The van der Waals surface area contributed by atoms with E-state index in [1.165, 1.54) is 21.2 Å². The van der Waals surface area contributed by atoms with Gasteiger partial charge in [-0.3, -0.25) is 0 Å². The minimum atomic E-state index is 1.19. The Morgan fingerprint density at radius 2 is 1.83 bits per heavy atom. The molecule has 0 aliphatic heterocycles. The van der Waals surface area contributed by atoms with Crippen LogP contribution < -0.4 is 0 Å². The first-order chi connectivity index (χ1) is 2.91. The third-order valence-electron chi connectivity index (χ3n) is 0.408. The second kappa shape index (κ2) is 16.2. The second-order valence-electron chi connectivity index (χ2n) is 0.816. The second-order valence-corrected chi connectivity index (χ2v) is 0.816. The molecule has 0 radical (unpaired) electrons. The number of halogens is 1. The van der Waals surface area contributed by atoms with Gasteiger partial charge in [-0.05, 0) is 0 Å². The summed E-state index contributed by atoms with van der Waals surface area (Å²) in [4.78, 5) is 0. The van der Waals surface area contributed by atoms with Crippen LogP contribution in [0.5, 0.6) is 0 Å². The van der Waals surface area contributed by atoms with Crippen LogP contribution in [0.15, 0.2) is 0 Å². The van der Waals surface area contributed by atoms with Gasteiger partial charge in [0.1, 0.15) is 0 Å². The van der Waals surface area contributed by atoms with Gasteiger partial charge in [0.2, 0.25) is 0 Å². The molecule has 0 spiro atoms. The Kier molecular flexibility index (Phi) is 28.0. The molecule has 0 amide bonds. The van der Waals surface area contributed by atoms with Gasteiger partial charge >= 0.3 is 34.5 Å². The average Bonchev–Trinajstić information content (AvgIpc) is 1.72. The summed E-state index contributed by atoms with van der Waals surface area (Å²) in [7, 11) is 0. The van der Waals surface area contributed by atoms with Crippen molar-refractivity contribution in [1.29, 1.82) is 0 Å². The molecule has 0 nitrogen and oxygen atoms in total. The average molecular weight is 249 g/mol. The summed E-state index contributed by atoms with van der Waals surface area (Å²) >= 11 is 3.62. The fourth-order valence-corrected chi connectivity index (χ4v) is 0. The van der Waals surface area contributed by atoms with Gasteiger partial charge in [-0.25, -0.2) is 0 Å². The van der Waals surface area contributed by atoms with Gasteiger partial charge in [-0.15, -0.1) is 0 Å². The first-order valence-corrected chi connectivity index (χ1v) is 11.0.